The number of allylic oxidation sites excluding steroid dienone is 2. The third-order valence-electron chi connectivity index (χ3n) is 6.38. The summed E-state index contributed by atoms with van der Waals surface area (Å²) in [5, 5.41) is 35.5. The van der Waals surface area contributed by atoms with E-state index in [0.29, 0.717) is 6.29 Å². The Kier molecular flexibility index (Phi) is 10.7. The minimum Gasteiger partial charge on any atom is -0.398 e. The number of aliphatic hydroxyl groups is 4. The van der Waals surface area contributed by atoms with Crippen LogP contribution in [0.2, 0.25) is 0 Å². The van der Waals surface area contributed by atoms with Gasteiger partial charge in [0.15, 0.2) is 0 Å². The molecule has 10 N–H and O–H groups in total. The molecule has 2 saturated heterocycles. The Hall–Kier alpha value is -2.75. The first-order chi connectivity index (χ1) is 17.5. The standard InChI is InChI=1S/C10H11F3N4.C8H15N.C6H10O6/c11-10(12,13)7-3-4-17-5-6(7)8(14)1-2-9(15)16;1-9-5-7-3-2-4-8(7)6-9;7-3-4-1-5(8,9)12-6(10,11)2-4/h1-5H,14-16H2;7-8H,2-6H2,1H3;3-4,8-11H,1-2H2/b8-1-;;/t;7-,8+;. The maximum Gasteiger partial charge on any atom is 0.417 e. The number of alkyl halides is 3. The highest BCUT2D eigenvalue weighted by Crippen LogP contribution is 2.37. The van der Waals surface area contributed by atoms with Crippen molar-refractivity contribution in [3.8, 4) is 0 Å². The summed E-state index contributed by atoms with van der Waals surface area (Å²) in [6.07, 6.45) is 4.22. The van der Waals surface area contributed by atoms with Gasteiger partial charge in [0, 0.05) is 55.5 Å². The molecule has 1 saturated carbocycles. The van der Waals surface area contributed by atoms with Gasteiger partial charge in [0.25, 0.3) is 11.9 Å². The molecule has 0 unspecified atom stereocenters. The molecule has 1 aromatic heterocycles. The molecule has 1 aliphatic carbocycles. The van der Waals surface area contributed by atoms with E-state index in [4.69, 9.17) is 37.6 Å². The van der Waals surface area contributed by atoms with Crippen molar-refractivity contribution in [3.05, 3.63) is 47.6 Å². The fourth-order valence-corrected chi connectivity index (χ4v) is 4.81. The third-order valence-corrected chi connectivity index (χ3v) is 6.38. The van der Waals surface area contributed by atoms with Crippen molar-refractivity contribution in [1.82, 2.24) is 9.88 Å². The van der Waals surface area contributed by atoms with Crippen molar-refractivity contribution in [2.75, 3.05) is 20.1 Å². The summed E-state index contributed by atoms with van der Waals surface area (Å²) >= 11 is 0. The predicted molar refractivity (Wildman–Crippen MR) is 130 cm³/mol. The van der Waals surface area contributed by atoms with Crippen LogP contribution in [0.1, 0.15) is 43.2 Å². The van der Waals surface area contributed by atoms with Gasteiger partial charge in [-0.3, -0.25) is 9.72 Å². The minimum atomic E-state index is -4.49. The summed E-state index contributed by atoms with van der Waals surface area (Å²) in [6, 6.07) is 0.853. The molecule has 4 rings (SSSR count). The molecule has 14 heteroatoms. The van der Waals surface area contributed by atoms with E-state index in [1.165, 1.54) is 44.5 Å². The number of carbonyl (C=O) groups excluding carboxylic acids is 1. The summed E-state index contributed by atoms with van der Waals surface area (Å²) in [5.41, 5.74) is 14.6. The molecule has 0 bridgehead atoms. The van der Waals surface area contributed by atoms with Crippen molar-refractivity contribution in [2.45, 2.75) is 50.2 Å². The average molecular weight is 548 g/mol. The molecule has 3 heterocycles. The molecule has 3 fully saturated rings. The van der Waals surface area contributed by atoms with Gasteiger partial charge in [-0.2, -0.15) is 13.2 Å². The number of nitrogens with zero attached hydrogens (tertiary/aromatic N) is 2. The van der Waals surface area contributed by atoms with E-state index in [1.54, 1.807) is 0 Å². The van der Waals surface area contributed by atoms with Crippen LogP contribution in [0.5, 0.6) is 0 Å². The molecule has 0 spiro atoms. The van der Waals surface area contributed by atoms with Gasteiger partial charge < -0.3 is 47.3 Å². The van der Waals surface area contributed by atoms with Crippen molar-refractivity contribution >= 4 is 12.0 Å². The highest BCUT2D eigenvalue weighted by molar-refractivity contribution is 5.66. The lowest BCUT2D eigenvalue weighted by atomic mass is 9.97. The van der Waals surface area contributed by atoms with Crippen LogP contribution in [0.25, 0.3) is 5.70 Å². The van der Waals surface area contributed by atoms with Crippen LogP contribution in [-0.2, 0) is 15.7 Å². The zero-order valence-corrected chi connectivity index (χ0v) is 21.0. The zero-order chi connectivity index (χ0) is 28.7. The maximum absolute atomic E-state index is 12.6. The number of halogens is 3. The highest BCUT2D eigenvalue weighted by Gasteiger charge is 2.46. The lowest BCUT2D eigenvalue weighted by Crippen LogP contribution is -2.52. The third kappa shape index (κ3) is 9.85. The number of rotatable bonds is 3. The molecule has 1 aromatic rings. The van der Waals surface area contributed by atoms with Gasteiger partial charge in [0.2, 0.25) is 0 Å². The van der Waals surface area contributed by atoms with Crippen LogP contribution < -0.4 is 17.2 Å². The Bertz CT molecular complexity index is 970. The number of nitrogens with two attached hydrogens (primary N) is 3. The first-order valence-corrected chi connectivity index (χ1v) is 12.0. The number of pyridine rings is 1. The molecular weight excluding hydrogens is 511 g/mol. The first kappa shape index (κ1) is 31.5. The second-order valence-corrected chi connectivity index (χ2v) is 9.77. The molecule has 214 valence electrons. The number of hydrogen-bond donors (Lipinski definition) is 7. The summed E-state index contributed by atoms with van der Waals surface area (Å²) in [5.74, 6) is -4.01. The lowest BCUT2D eigenvalue weighted by Gasteiger charge is -2.37. The summed E-state index contributed by atoms with van der Waals surface area (Å²) in [6.45, 7) is 2.76. The van der Waals surface area contributed by atoms with Crippen LogP contribution in [0.15, 0.2) is 36.4 Å². The Morgan fingerprint density at radius 1 is 1.08 bits per heavy atom. The lowest BCUT2D eigenvalue weighted by molar-refractivity contribution is -0.492. The van der Waals surface area contributed by atoms with Crippen molar-refractivity contribution in [2.24, 2.45) is 35.0 Å². The topological polar surface area (TPSA) is 201 Å². The summed E-state index contributed by atoms with van der Waals surface area (Å²) in [4.78, 5) is 16.3. The minimum absolute atomic E-state index is 0.0506. The van der Waals surface area contributed by atoms with Crippen LogP contribution in [0.3, 0.4) is 0 Å². The average Bonchev–Trinajstić information content (AvgIpc) is 3.36. The molecule has 2 atom stereocenters. The Balaban J connectivity index is 0.000000210. The normalized spacial score (nSPS) is 24.8. The van der Waals surface area contributed by atoms with E-state index >= 15 is 0 Å². The van der Waals surface area contributed by atoms with Crippen LogP contribution in [-0.4, -0.2) is 68.7 Å². The zero-order valence-electron chi connectivity index (χ0n) is 21.0. The molecule has 0 aromatic carbocycles. The fraction of sp³-hybridized carbons (Fsp3) is 0.583. The van der Waals surface area contributed by atoms with Gasteiger partial charge in [-0.05, 0) is 49.9 Å². The van der Waals surface area contributed by atoms with E-state index < -0.39 is 29.6 Å². The molecule has 11 nitrogen and oxygen atoms in total. The Morgan fingerprint density at radius 2 is 1.63 bits per heavy atom. The smallest absolute Gasteiger partial charge is 0.398 e. The second-order valence-electron chi connectivity index (χ2n) is 9.77. The number of aldehydes is 1. The summed E-state index contributed by atoms with van der Waals surface area (Å²) in [7, 11) is 2.25. The van der Waals surface area contributed by atoms with Gasteiger partial charge in [0.1, 0.15) is 6.29 Å². The van der Waals surface area contributed by atoms with Gasteiger partial charge in [-0.15, -0.1) is 0 Å². The number of ether oxygens (including phenoxy) is 1. The Morgan fingerprint density at radius 3 is 2.11 bits per heavy atom. The summed E-state index contributed by atoms with van der Waals surface area (Å²) < 4.78 is 42.0. The second kappa shape index (κ2) is 12.9. The SMILES string of the molecule is CN1C[C@H]2CCC[C@H]2C1.NC(N)=C/C=C(\N)c1cnccc1C(F)(F)F.O=CC1CC(O)(O)OC(O)(O)C1. The van der Waals surface area contributed by atoms with E-state index in [9.17, 15) is 18.0 Å². The van der Waals surface area contributed by atoms with Crippen LogP contribution in [0, 0.1) is 17.8 Å². The molecule has 3 aliphatic rings. The Labute approximate surface area is 218 Å². The van der Waals surface area contributed by atoms with Crippen molar-refractivity contribution < 1.29 is 43.1 Å². The van der Waals surface area contributed by atoms with Crippen molar-refractivity contribution in [1.29, 1.82) is 0 Å². The fourth-order valence-electron chi connectivity index (χ4n) is 4.81. The van der Waals surface area contributed by atoms with Gasteiger partial charge in [0.05, 0.1) is 11.4 Å². The molecule has 2 aliphatic heterocycles. The monoisotopic (exact) mass is 547 g/mol. The number of carbonyl (C=O) groups is 1. The van der Waals surface area contributed by atoms with Crippen LogP contribution >= 0.6 is 0 Å². The number of hydrogen-bond acceptors (Lipinski definition) is 11. The van der Waals surface area contributed by atoms with E-state index in [1.807, 2.05) is 0 Å². The number of likely N-dealkylation sites (tertiary alicyclic amines) is 1. The van der Waals surface area contributed by atoms with E-state index in [2.05, 4.69) is 21.7 Å². The quantitative estimate of drug-likeness (QED) is 0.157. The number of fused-ring (bicyclic) bond motifs is 1. The van der Waals surface area contributed by atoms with Gasteiger partial charge >= 0.3 is 6.18 Å². The van der Waals surface area contributed by atoms with E-state index in [0.717, 1.165) is 30.3 Å². The largest absolute Gasteiger partial charge is 0.417 e. The predicted octanol–water partition coefficient (Wildman–Crippen LogP) is 0.396. The van der Waals surface area contributed by atoms with E-state index in [-0.39, 0.29) is 29.9 Å². The van der Waals surface area contributed by atoms with Gasteiger partial charge in [-0.1, -0.05) is 6.42 Å². The molecule has 0 amide bonds. The first-order valence-electron chi connectivity index (χ1n) is 12.0. The van der Waals surface area contributed by atoms with Crippen molar-refractivity contribution in [3.63, 3.8) is 0 Å². The highest BCUT2D eigenvalue weighted by atomic mass is 19.4. The molecule has 38 heavy (non-hydrogen) atoms. The molecular formula is C24H36F3N5O6. The molecule has 0 radical (unpaired) electrons. The number of aromatic nitrogens is 1. The maximum atomic E-state index is 12.6. The van der Waals surface area contributed by atoms with Crippen LogP contribution in [0.4, 0.5) is 13.2 Å². The van der Waals surface area contributed by atoms with Gasteiger partial charge in [-0.25, -0.2) is 0 Å².